The third-order valence-electron chi connectivity index (χ3n) is 5.00. The van der Waals surface area contributed by atoms with Gasteiger partial charge in [0.2, 0.25) is 5.78 Å². The molecular weight excluding hydrogens is 430 g/mol. The standard InChI is InChI=1S/C25H20F2N2O4/c1-15-10-17(16(2)29(15)20-5-7-21(32-3)8-6-20)11-18(13-28)25(31)33-14-24(30)22-12-19(26)4-9-23(22)27/h4-12H,14H2,1-3H3/b18-11-. The zero-order valence-electron chi connectivity index (χ0n) is 18.2. The summed E-state index contributed by atoms with van der Waals surface area (Å²) in [6.45, 7) is 2.88. The van der Waals surface area contributed by atoms with Gasteiger partial charge in [0.1, 0.15) is 29.0 Å². The molecule has 2 aromatic carbocycles. The molecule has 1 aromatic heterocycles. The zero-order valence-corrected chi connectivity index (χ0v) is 18.2. The molecule has 8 heteroatoms. The summed E-state index contributed by atoms with van der Waals surface area (Å²) in [4.78, 5) is 24.5. The molecule has 33 heavy (non-hydrogen) atoms. The highest BCUT2D eigenvalue weighted by atomic mass is 19.1. The number of aryl methyl sites for hydroxylation is 1. The lowest BCUT2D eigenvalue weighted by Gasteiger charge is -2.10. The maximum absolute atomic E-state index is 13.7. The van der Waals surface area contributed by atoms with Gasteiger partial charge in [0.15, 0.2) is 6.61 Å². The van der Waals surface area contributed by atoms with E-state index < -0.39 is 35.6 Å². The quantitative estimate of drug-likeness (QED) is 0.225. The molecule has 1 heterocycles. The third kappa shape index (κ3) is 5.15. The van der Waals surface area contributed by atoms with Crippen molar-refractivity contribution < 1.29 is 27.8 Å². The van der Waals surface area contributed by atoms with Gasteiger partial charge in [-0.05, 0) is 74.0 Å². The van der Waals surface area contributed by atoms with Crippen molar-refractivity contribution in [3.05, 3.63) is 88.3 Å². The fourth-order valence-electron chi connectivity index (χ4n) is 3.35. The summed E-state index contributed by atoms with van der Waals surface area (Å²) in [5, 5.41) is 9.43. The first-order chi connectivity index (χ1) is 15.7. The number of ketones is 1. The van der Waals surface area contributed by atoms with Crippen LogP contribution in [0.3, 0.4) is 0 Å². The van der Waals surface area contributed by atoms with Gasteiger partial charge in [-0.15, -0.1) is 0 Å². The molecule has 0 radical (unpaired) electrons. The Bertz CT molecular complexity index is 1280. The van der Waals surface area contributed by atoms with Crippen molar-refractivity contribution in [3.63, 3.8) is 0 Å². The van der Waals surface area contributed by atoms with Crippen LogP contribution < -0.4 is 4.74 Å². The monoisotopic (exact) mass is 450 g/mol. The first kappa shape index (κ1) is 23.4. The number of esters is 1. The van der Waals surface area contributed by atoms with Crippen LogP contribution >= 0.6 is 0 Å². The van der Waals surface area contributed by atoms with E-state index in [1.165, 1.54) is 6.08 Å². The van der Waals surface area contributed by atoms with Crippen LogP contribution in [0.5, 0.6) is 5.75 Å². The summed E-state index contributed by atoms with van der Waals surface area (Å²) in [6.07, 6.45) is 1.36. The van der Waals surface area contributed by atoms with Gasteiger partial charge in [0.25, 0.3) is 0 Å². The first-order valence-corrected chi connectivity index (χ1v) is 9.85. The van der Waals surface area contributed by atoms with Crippen molar-refractivity contribution in [2.24, 2.45) is 0 Å². The summed E-state index contributed by atoms with van der Waals surface area (Å²) >= 11 is 0. The highest BCUT2D eigenvalue weighted by Crippen LogP contribution is 2.24. The molecule has 3 aromatic rings. The number of nitriles is 1. The summed E-state index contributed by atoms with van der Waals surface area (Å²) in [5.41, 5.74) is 2.25. The van der Waals surface area contributed by atoms with Gasteiger partial charge in [0.05, 0.1) is 12.7 Å². The molecule has 0 atom stereocenters. The summed E-state index contributed by atoms with van der Waals surface area (Å²) in [6, 6.07) is 13.4. The molecule has 0 bridgehead atoms. The molecule has 3 rings (SSSR count). The van der Waals surface area contributed by atoms with Crippen LogP contribution in [-0.4, -0.2) is 30.0 Å². The van der Waals surface area contributed by atoms with E-state index >= 15 is 0 Å². The molecule has 0 spiro atoms. The number of Topliss-reactive ketones (excluding diaryl/α,β-unsaturated/α-hetero) is 1. The minimum Gasteiger partial charge on any atom is -0.497 e. The van der Waals surface area contributed by atoms with Crippen LogP contribution in [0.2, 0.25) is 0 Å². The van der Waals surface area contributed by atoms with Crippen molar-refractivity contribution in [2.75, 3.05) is 13.7 Å². The van der Waals surface area contributed by atoms with Crippen LogP contribution in [0.4, 0.5) is 8.78 Å². The summed E-state index contributed by atoms with van der Waals surface area (Å²) in [5.74, 6) is -2.98. The molecule has 0 unspecified atom stereocenters. The SMILES string of the molecule is COc1ccc(-n2c(C)cc(/C=C(/C#N)C(=O)OCC(=O)c3cc(F)ccc3F)c2C)cc1. The van der Waals surface area contributed by atoms with Crippen LogP contribution in [-0.2, 0) is 9.53 Å². The molecule has 0 saturated carbocycles. The van der Waals surface area contributed by atoms with E-state index in [9.17, 15) is 23.6 Å². The molecule has 0 aliphatic carbocycles. The number of rotatable bonds is 7. The van der Waals surface area contributed by atoms with E-state index in [0.717, 1.165) is 35.3 Å². The van der Waals surface area contributed by atoms with Gasteiger partial charge >= 0.3 is 5.97 Å². The number of benzene rings is 2. The second kappa shape index (κ2) is 9.92. The highest BCUT2D eigenvalue weighted by molar-refractivity contribution is 6.02. The Labute approximate surface area is 189 Å². The van der Waals surface area contributed by atoms with Crippen molar-refractivity contribution in [1.82, 2.24) is 4.57 Å². The van der Waals surface area contributed by atoms with Crippen LogP contribution in [0, 0.1) is 36.8 Å². The van der Waals surface area contributed by atoms with E-state index in [2.05, 4.69) is 0 Å². The number of hydrogen-bond acceptors (Lipinski definition) is 5. The average molecular weight is 450 g/mol. The molecule has 0 amide bonds. The summed E-state index contributed by atoms with van der Waals surface area (Å²) < 4.78 is 39.0. The highest BCUT2D eigenvalue weighted by Gasteiger charge is 2.18. The zero-order chi connectivity index (χ0) is 24.1. The van der Waals surface area contributed by atoms with Gasteiger partial charge in [-0.1, -0.05) is 0 Å². The lowest BCUT2D eigenvalue weighted by atomic mass is 10.1. The number of carbonyl (C=O) groups is 2. The predicted molar refractivity (Wildman–Crippen MR) is 117 cm³/mol. The van der Waals surface area contributed by atoms with Crippen LogP contribution in [0.25, 0.3) is 11.8 Å². The van der Waals surface area contributed by atoms with Crippen molar-refractivity contribution in [2.45, 2.75) is 13.8 Å². The van der Waals surface area contributed by atoms with Gasteiger partial charge in [0, 0.05) is 17.1 Å². The topological polar surface area (TPSA) is 81.3 Å². The number of hydrogen-bond donors (Lipinski definition) is 0. The van der Waals surface area contributed by atoms with Crippen LogP contribution in [0.15, 0.2) is 54.1 Å². The lowest BCUT2D eigenvalue weighted by Crippen LogP contribution is -2.16. The van der Waals surface area contributed by atoms with E-state index in [1.54, 1.807) is 19.2 Å². The van der Waals surface area contributed by atoms with E-state index in [1.807, 2.05) is 42.7 Å². The van der Waals surface area contributed by atoms with Crippen LogP contribution in [0.1, 0.15) is 27.3 Å². The van der Waals surface area contributed by atoms with Crippen molar-refractivity contribution in [1.29, 1.82) is 5.26 Å². The Morgan fingerprint density at radius 2 is 1.79 bits per heavy atom. The summed E-state index contributed by atoms with van der Waals surface area (Å²) in [7, 11) is 1.58. The second-order valence-electron chi connectivity index (χ2n) is 7.15. The largest absolute Gasteiger partial charge is 0.497 e. The Morgan fingerprint density at radius 1 is 1.09 bits per heavy atom. The average Bonchev–Trinajstić information content (AvgIpc) is 3.09. The van der Waals surface area contributed by atoms with Crippen molar-refractivity contribution in [3.8, 4) is 17.5 Å². The molecule has 0 aliphatic heterocycles. The molecule has 6 nitrogen and oxygen atoms in total. The molecule has 0 N–H and O–H groups in total. The number of carbonyl (C=O) groups excluding carboxylic acids is 2. The first-order valence-electron chi connectivity index (χ1n) is 9.85. The minimum absolute atomic E-state index is 0.336. The number of ether oxygens (including phenoxy) is 2. The fourth-order valence-corrected chi connectivity index (χ4v) is 3.35. The molecule has 0 saturated heterocycles. The Hall–Kier alpha value is -4.25. The molecule has 0 fully saturated rings. The normalized spacial score (nSPS) is 11.1. The lowest BCUT2D eigenvalue weighted by molar-refractivity contribution is -0.137. The predicted octanol–water partition coefficient (Wildman–Crippen LogP) is 4.71. The maximum atomic E-state index is 13.7. The van der Waals surface area contributed by atoms with E-state index in [4.69, 9.17) is 9.47 Å². The molecule has 168 valence electrons. The number of halogens is 2. The Kier molecular flexibility index (Phi) is 7.04. The Morgan fingerprint density at radius 3 is 2.42 bits per heavy atom. The minimum atomic E-state index is -1.04. The molecular formula is C25H20F2N2O4. The second-order valence-corrected chi connectivity index (χ2v) is 7.15. The van der Waals surface area contributed by atoms with Gasteiger partial charge in [-0.3, -0.25) is 4.79 Å². The fraction of sp³-hybridized carbons (Fsp3) is 0.160. The number of nitrogens with zero attached hydrogens (tertiary/aromatic N) is 2. The Balaban J connectivity index is 1.80. The number of aromatic nitrogens is 1. The molecule has 0 aliphatic rings. The van der Waals surface area contributed by atoms with E-state index in [0.29, 0.717) is 11.3 Å². The third-order valence-corrected chi connectivity index (χ3v) is 5.00. The maximum Gasteiger partial charge on any atom is 0.349 e. The van der Waals surface area contributed by atoms with Gasteiger partial charge in [-0.2, -0.15) is 5.26 Å². The van der Waals surface area contributed by atoms with Gasteiger partial charge < -0.3 is 14.0 Å². The van der Waals surface area contributed by atoms with E-state index in [-0.39, 0.29) is 5.57 Å². The van der Waals surface area contributed by atoms with Crippen molar-refractivity contribution >= 4 is 17.8 Å². The van der Waals surface area contributed by atoms with Gasteiger partial charge in [-0.25, -0.2) is 13.6 Å². The number of methoxy groups -OCH3 is 1. The smallest absolute Gasteiger partial charge is 0.349 e.